The van der Waals surface area contributed by atoms with Gasteiger partial charge in [0.05, 0.1) is 5.69 Å². The Morgan fingerprint density at radius 2 is 2.17 bits per heavy atom. The molecule has 0 saturated carbocycles. The Morgan fingerprint density at radius 1 is 1.44 bits per heavy atom. The lowest BCUT2D eigenvalue weighted by Gasteiger charge is -2.08. The molecule has 6 nitrogen and oxygen atoms in total. The largest absolute Gasteiger partial charge is 0.480 e. The number of aliphatic carboxylic acids is 1. The standard InChI is InChI=1S/C11H12N4O2S/c1-2-9(10(16)17)18-11-12-13-14-15(11)8-6-4-3-5-7-8/h3-7,9H,2H2,1H3,(H,16,17)/t9-/m1/s1. The summed E-state index contributed by atoms with van der Waals surface area (Å²) in [5, 5.41) is 20.3. The van der Waals surface area contributed by atoms with Crippen LogP contribution in [0.3, 0.4) is 0 Å². The summed E-state index contributed by atoms with van der Waals surface area (Å²) in [6.07, 6.45) is 0.516. The Labute approximate surface area is 108 Å². The lowest BCUT2D eigenvalue weighted by atomic mass is 10.3. The monoisotopic (exact) mass is 264 g/mol. The second-order valence-corrected chi connectivity index (χ2v) is 4.73. The van der Waals surface area contributed by atoms with E-state index in [1.54, 1.807) is 0 Å². The number of thioether (sulfide) groups is 1. The number of para-hydroxylation sites is 1. The topological polar surface area (TPSA) is 80.9 Å². The Bertz CT molecular complexity index is 529. The first kappa shape index (κ1) is 12.6. The molecular weight excluding hydrogens is 252 g/mol. The van der Waals surface area contributed by atoms with Crippen LogP contribution in [-0.2, 0) is 4.79 Å². The minimum Gasteiger partial charge on any atom is -0.480 e. The highest BCUT2D eigenvalue weighted by Gasteiger charge is 2.20. The molecule has 0 fully saturated rings. The van der Waals surface area contributed by atoms with E-state index in [9.17, 15) is 4.79 Å². The third-order valence-corrected chi connectivity index (χ3v) is 3.62. The van der Waals surface area contributed by atoms with Gasteiger partial charge in [-0.25, -0.2) is 0 Å². The number of hydrogen-bond donors (Lipinski definition) is 1. The molecule has 1 heterocycles. The number of carboxylic acid groups (broad SMARTS) is 1. The van der Waals surface area contributed by atoms with Gasteiger partial charge in [-0.1, -0.05) is 36.9 Å². The molecular formula is C11H12N4O2S. The van der Waals surface area contributed by atoms with Crippen molar-refractivity contribution in [2.24, 2.45) is 0 Å². The first-order valence-corrected chi connectivity index (χ1v) is 6.33. The van der Waals surface area contributed by atoms with E-state index in [2.05, 4.69) is 15.5 Å². The second kappa shape index (κ2) is 5.63. The van der Waals surface area contributed by atoms with Gasteiger partial charge in [-0.2, -0.15) is 4.68 Å². The van der Waals surface area contributed by atoms with Crippen molar-refractivity contribution in [2.45, 2.75) is 23.8 Å². The Balaban J connectivity index is 2.26. The average Bonchev–Trinajstić information content (AvgIpc) is 2.84. The van der Waals surface area contributed by atoms with Crippen LogP contribution in [0.5, 0.6) is 0 Å². The third-order valence-electron chi connectivity index (χ3n) is 2.34. The van der Waals surface area contributed by atoms with Crippen LogP contribution in [0.4, 0.5) is 0 Å². The van der Waals surface area contributed by atoms with Crippen LogP contribution in [0.15, 0.2) is 35.5 Å². The van der Waals surface area contributed by atoms with E-state index in [0.717, 1.165) is 17.4 Å². The van der Waals surface area contributed by atoms with Gasteiger partial charge in [0.1, 0.15) is 5.25 Å². The summed E-state index contributed by atoms with van der Waals surface area (Å²) >= 11 is 1.15. The Hall–Kier alpha value is -1.89. The molecule has 1 aromatic heterocycles. The van der Waals surface area contributed by atoms with Crippen LogP contribution in [-0.4, -0.2) is 36.5 Å². The normalized spacial score (nSPS) is 12.3. The Kier molecular flexibility index (Phi) is 3.93. The van der Waals surface area contributed by atoms with Crippen molar-refractivity contribution >= 4 is 17.7 Å². The van der Waals surface area contributed by atoms with Gasteiger partial charge in [0.15, 0.2) is 0 Å². The summed E-state index contributed by atoms with van der Waals surface area (Å²) in [5.41, 5.74) is 0.810. The van der Waals surface area contributed by atoms with Crippen molar-refractivity contribution in [3.63, 3.8) is 0 Å². The van der Waals surface area contributed by atoms with Crippen molar-refractivity contribution in [1.29, 1.82) is 0 Å². The fourth-order valence-electron chi connectivity index (χ4n) is 1.42. The van der Waals surface area contributed by atoms with Crippen LogP contribution in [0.1, 0.15) is 13.3 Å². The van der Waals surface area contributed by atoms with E-state index in [1.807, 2.05) is 37.3 Å². The molecule has 2 aromatic rings. The van der Waals surface area contributed by atoms with Gasteiger partial charge in [-0.05, 0) is 29.0 Å². The fourth-order valence-corrected chi connectivity index (χ4v) is 2.27. The highest BCUT2D eigenvalue weighted by Crippen LogP contribution is 2.24. The van der Waals surface area contributed by atoms with Crippen molar-refractivity contribution in [1.82, 2.24) is 20.2 Å². The molecule has 0 unspecified atom stereocenters. The lowest BCUT2D eigenvalue weighted by Crippen LogP contribution is -2.16. The molecule has 1 N–H and O–H groups in total. The average molecular weight is 264 g/mol. The van der Waals surface area contributed by atoms with Gasteiger partial charge < -0.3 is 5.11 Å². The van der Waals surface area contributed by atoms with E-state index in [1.165, 1.54) is 4.68 Å². The third kappa shape index (κ3) is 2.67. The number of hydrogen-bond acceptors (Lipinski definition) is 5. The number of benzene rings is 1. The van der Waals surface area contributed by atoms with Crippen molar-refractivity contribution < 1.29 is 9.90 Å². The van der Waals surface area contributed by atoms with Crippen LogP contribution in [0.2, 0.25) is 0 Å². The highest BCUT2D eigenvalue weighted by atomic mass is 32.2. The minimum absolute atomic E-state index is 0.482. The summed E-state index contributed by atoms with van der Waals surface area (Å²) in [4.78, 5) is 11.0. The van der Waals surface area contributed by atoms with E-state index in [-0.39, 0.29) is 0 Å². The molecule has 0 aliphatic rings. The van der Waals surface area contributed by atoms with E-state index in [4.69, 9.17) is 5.11 Å². The second-order valence-electron chi connectivity index (χ2n) is 3.56. The van der Waals surface area contributed by atoms with Gasteiger partial charge in [0, 0.05) is 0 Å². The van der Waals surface area contributed by atoms with Crippen molar-refractivity contribution in [2.75, 3.05) is 0 Å². The van der Waals surface area contributed by atoms with E-state index >= 15 is 0 Å². The van der Waals surface area contributed by atoms with Crippen LogP contribution >= 0.6 is 11.8 Å². The fraction of sp³-hybridized carbons (Fsp3) is 0.273. The summed E-state index contributed by atoms with van der Waals surface area (Å²) in [5.74, 6) is -0.856. The lowest BCUT2D eigenvalue weighted by molar-refractivity contribution is -0.136. The molecule has 1 aromatic carbocycles. The number of carbonyl (C=O) groups is 1. The minimum atomic E-state index is -0.856. The zero-order valence-electron chi connectivity index (χ0n) is 9.72. The van der Waals surface area contributed by atoms with Crippen molar-refractivity contribution in [3.8, 4) is 5.69 Å². The summed E-state index contributed by atoms with van der Waals surface area (Å²) in [6, 6.07) is 9.37. The number of nitrogens with zero attached hydrogens (tertiary/aromatic N) is 4. The maximum Gasteiger partial charge on any atom is 0.317 e. The van der Waals surface area contributed by atoms with Gasteiger partial charge in [-0.3, -0.25) is 4.79 Å². The molecule has 0 spiro atoms. The quantitative estimate of drug-likeness (QED) is 0.826. The van der Waals surface area contributed by atoms with E-state index < -0.39 is 11.2 Å². The zero-order chi connectivity index (χ0) is 13.0. The Morgan fingerprint density at radius 3 is 2.78 bits per heavy atom. The molecule has 0 radical (unpaired) electrons. The summed E-state index contributed by atoms with van der Waals surface area (Å²) in [7, 11) is 0. The molecule has 0 amide bonds. The molecule has 7 heteroatoms. The molecule has 0 bridgehead atoms. The van der Waals surface area contributed by atoms with Crippen molar-refractivity contribution in [3.05, 3.63) is 30.3 Å². The van der Waals surface area contributed by atoms with Crippen LogP contribution in [0, 0.1) is 0 Å². The molecule has 2 rings (SSSR count). The number of aromatic nitrogens is 4. The van der Waals surface area contributed by atoms with Gasteiger partial charge in [0.25, 0.3) is 0 Å². The van der Waals surface area contributed by atoms with Crippen LogP contribution < -0.4 is 0 Å². The molecule has 94 valence electrons. The van der Waals surface area contributed by atoms with Gasteiger partial charge in [0.2, 0.25) is 5.16 Å². The molecule has 0 saturated heterocycles. The zero-order valence-corrected chi connectivity index (χ0v) is 10.5. The van der Waals surface area contributed by atoms with Gasteiger partial charge >= 0.3 is 5.97 Å². The predicted molar refractivity (Wildman–Crippen MR) is 66.7 cm³/mol. The van der Waals surface area contributed by atoms with Crippen LogP contribution in [0.25, 0.3) is 5.69 Å². The predicted octanol–water partition coefficient (Wildman–Crippen LogP) is 1.62. The summed E-state index contributed by atoms with van der Waals surface area (Å²) < 4.78 is 1.54. The number of carboxylic acids is 1. The highest BCUT2D eigenvalue weighted by molar-refractivity contribution is 8.00. The summed E-state index contributed by atoms with van der Waals surface area (Å²) in [6.45, 7) is 1.82. The number of rotatable bonds is 5. The molecule has 18 heavy (non-hydrogen) atoms. The first-order chi connectivity index (χ1) is 8.72. The molecule has 0 aliphatic carbocycles. The maximum atomic E-state index is 11.0. The molecule has 0 aliphatic heterocycles. The number of tetrazole rings is 1. The van der Waals surface area contributed by atoms with Gasteiger partial charge in [-0.15, -0.1) is 5.10 Å². The maximum absolute atomic E-state index is 11.0. The molecule has 1 atom stereocenters. The van der Waals surface area contributed by atoms with E-state index in [0.29, 0.717) is 11.6 Å². The SMILES string of the molecule is CC[C@@H](Sc1nnnn1-c1ccccc1)C(=O)O. The first-order valence-electron chi connectivity index (χ1n) is 5.45. The smallest absolute Gasteiger partial charge is 0.317 e.